The van der Waals surface area contributed by atoms with Gasteiger partial charge in [-0.25, -0.2) is 4.98 Å². The van der Waals surface area contributed by atoms with Crippen molar-refractivity contribution in [3.8, 4) is 0 Å². The van der Waals surface area contributed by atoms with Crippen LogP contribution in [0.25, 0.3) is 21.1 Å². The smallest absolute Gasteiger partial charge is 0.0849 e. The molecule has 0 aliphatic rings. The van der Waals surface area contributed by atoms with Crippen LogP contribution in [0.4, 0.5) is 0 Å². The molecule has 0 aliphatic carbocycles. The molecule has 0 unspecified atom stereocenters. The zero-order valence-electron chi connectivity index (χ0n) is 18.0. The maximum absolute atomic E-state index is 4.40. The van der Waals surface area contributed by atoms with Gasteiger partial charge >= 0.3 is 0 Å². The van der Waals surface area contributed by atoms with E-state index in [9.17, 15) is 0 Å². The molecule has 0 fully saturated rings. The molecular weight excluding hydrogens is 360 g/mol. The van der Waals surface area contributed by atoms with Crippen LogP contribution >= 0.6 is 11.3 Å². The van der Waals surface area contributed by atoms with E-state index in [1.807, 2.05) is 17.8 Å². The Morgan fingerprint density at radius 3 is 2.18 bits per heavy atom. The summed E-state index contributed by atoms with van der Waals surface area (Å²) in [5.74, 6) is 0. The Labute approximate surface area is 173 Å². The van der Waals surface area contributed by atoms with E-state index in [0.717, 1.165) is 11.9 Å². The van der Waals surface area contributed by atoms with Gasteiger partial charge in [-0.3, -0.25) is 4.98 Å². The second kappa shape index (κ2) is 10.3. The zero-order valence-corrected chi connectivity index (χ0v) is 18.8. The fraction of sp³-hybridized carbons (Fsp3) is 0.360. The lowest BCUT2D eigenvalue weighted by molar-refractivity contribution is 0.595. The van der Waals surface area contributed by atoms with Crippen molar-refractivity contribution in [2.45, 2.75) is 59.8 Å². The van der Waals surface area contributed by atoms with Gasteiger partial charge in [0, 0.05) is 11.6 Å². The molecule has 0 atom stereocenters. The maximum Gasteiger partial charge on any atom is 0.0849 e. The van der Waals surface area contributed by atoms with Gasteiger partial charge in [0.05, 0.1) is 21.2 Å². The summed E-state index contributed by atoms with van der Waals surface area (Å²) in [6.45, 7) is 13.1. The maximum atomic E-state index is 4.40. The Balaban J connectivity index is 0.000000176. The molecule has 2 aromatic heterocycles. The molecule has 2 nitrogen and oxygen atoms in total. The van der Waals surface area contributed by atoms with Crippen molar-refractivity contribution >= 4 is 32.5 Å². The third-order valence-electron chi connectivity index (χ3n) is 4.27. The monoisotopic (exact) mass is 392 g/mol. The molecule has 4 aromatic rings. The highest BCUT2D eigenvalue weighted by molar-refractivity contribution is 7.16. The normalized spacial score (nSPS) is 10.8. The lowest BCUT2D eigenvalue weighted by Crippen LogP contribution is -2.11. The second-order valence-electron chi connectivity index (χ2n) is 7.81. The first-order valence-corrected chi connectivity index (χ1v) is 11.0. The van der Waals surface area contributed by atoms with E-state index in [0.29, 0.717) is 0 Å². The average Bonchev–Trinajstić information content (AvgIpc) is 3.16. The van der Waals surface area contributed by atoms with E-state index in [1.54, 1.807) is 11.3 Å². The Hall–Kier alpha value is -2.26. The Kier molecular flexibility index (Phi) is 8.13. The van der Waals surface area contributed by atoms with E-state index >= 15 is 0 Å². The van der Waals surface area contributed by atoms with Gasteiger partial charge in [-0.05, 0) is 35.1 Å². The highest BCUT2D eigenvalue weighted by atomic mass is 32.1. The van der Waals surface area contributed by atoms with Gasteiger partial charge in [0.2, 0.25) is 0 Å². The van der Waals surface area contributed by atoms with Gasteiger partial charge in [-0.15, -0.1) is 11.3 Å². The van der Waals surface area contributed by atoms with E-state index in [1.165, 1.54) is 33.2 Å². The van der Waals surface area contributed by atoms with Crippen LogP contribution in [0.3, 0.4) is 0 Å². The summed E-state index contributed by atoms with van der Waals surface area (Å²) in [6.07, 6.45) is 4.15. The number of aromatic nitrogens is 2. The molecular formula is C25H32N2S. The Bertz CT molecular complexity index is 991. The van der Waals surface area contributed by atoms with E-state index in [-0.39, 0.29) is 5.41 Å². The fourth-order valence-corrected chi connectivity index (χ4v) is 3.65. The van der Waals surface area contributed by atoms with Gasteiger partial charge < -0.3 is 0 Å². The van der Waals surface area contributed by atoms with Gasteiger partial charge in [-0.1, -0.05) is 84.4 Å². The molecule has 4 rings (SSSR count). The summed E-state index contributed by atoms with van der Waals surface area (Å²) < 4.78 is 1.28. The minimum absolute atomic E-state index is 0.188. The number of pyridine rings is 1. The van der Waals surface area contributed by atoms with Crippen molar-refractivity contribution in [3.05, 3.63) is 71.4 Å². The van der Waals surface area contributed by atoms with Gasteiger partial charge in [0.25, 0.3) is 0 Å². The summed E-state index contributed by atoms with van der Waals surface area (Å²) in [5, 5.41) is 1.23. The first-order valence-electron chi connectivity index (χ1n) is 10.1. The SMILES string of the molecule is CC(C)(C)c1cccc2scnc12.CCC.CCc1cccc2cccnc12. The Morgan fingerprint density at radius 2 is 1.50 bits per heavy atom. The summed E-state index contributed by atoms with van der Waals surface area (Å²) in [5.41, 5.74) is 7.08. The lowest BCUT2D eigenvalue weighted by atomic mass is 9.86. The van der Waals surface area contributed by atoms with Gasteiger partial charge in [0.1, 0.15) is 0 Å². The lowest BCUT2D eigenvalue weighted by Gasteiger charge is -2.19. The number of para-hydroxylation sites is 2. The standard InChI is InChI=1S/C11H13NS.C11H11N.C3H8/c1-11(2,3)8-5-4-6-9-10(8)12-7-13-9;1-2-9-5-3-6-10-7-4-8-12-11(9)10;1-3-2/h4-7H,1-3H3;3-8H,2H2,1H3;3H2,1-2H3. The van der Waals surface area contributed by atoms with Crippen LogP contribution in [0.5, 0.6) is 0 Å². The average molecular weight is 393 g/mol. The molecule has 2 aromatic carbocycles. The molecule has 3 heteroatoms. The summed E-state index contributed by atoms with van der Waals surface area (Å²) in [7, 11) is 0. The van der Waals surface area contributed by atoms with Crippen molar-refractivity contribution in [1.82, 2.24) is 9.97 Å². The van der Waals surface area contributed by atoms with Crippen molar-refractivity contribution in [3.63, 3.8) is 0 Å². The molecule has 0 amide bonds. The molecule has 0 N–H and O–H groups in total. The molecule has 0 aliphatic heterocycles. The first-order chi connectivity index (χ1) is 13.4. The number of rotatable bonds is 1. The fourth-order valence-electron chi connectivity index (χ4n) is 2.94. The van der Waals surface area contributed by atoms with Crippen molar-refractivity contribution in [2.24, 2.45) is 0 Å². The van der Waals surface area contributed by atoms with Crippen LogP contribution in [-0.4, -0.2) is 9.97 Å². The van der Waals surface area contributed by atoms with Crippen LogP contribution < -0.4 is 0 Å². The highest BCUT2D eigenvalue weighted by Gasteiger charge is 2.17. The molecule has 28 heavy (non-hydrogen) atoms. The number of benzene rings is 2. The third-order valence-corrected chi connectivity index (χ3v) is 5.06. The van der Waals surface area contributed by atoms with Crippen LogP contribution in [-0.2, 0) is 11.8 Å². The largest absolute Gasteiger partial charge is 0.256 e. The minimum atomic E-state index is 0.188. The predicted molar refractivity (Wildman–Crippen MR) is 125 cm³/mol. The molecule has 0 radical (unpaired) electrons. The molecule has 0 spiro atoms. The van der Waals surface area contributed by atoms with Crippen molar-refractivity contribution in [2.75, 3.05) is 0 Å². The zero-order chi connectivity index (χ0) is 20.6. The topological polar surface area (TPSA) is 25.8 Å². The predicted octanol–water partition coefficient (Wildman–Crippen LogP) is 7.81. The number of aryl methyl sites for hydroxylation is 1. The van der Waals surface area contributed by atoms with E-state index in [2.05, 4.69) is 94.0 Å². The number of hydrogen-bond acceptors (Lipinski definition) is 3. The highest BCUT2D eigenvalue weighted by Crippen LogP contribution is 2.30. The number of nitrogens with zero attached hydrogens (tertiary/aromatic N) is 2. The van der Waals surface area contributed by atoms with Crippen LogP contribution in [0.15, 0.2) is 60.2 Å². The first kappa shape index (κ1) is 22.0. The quantitative estimate of drug-likeness (QED) is 0.330. The molecule has 148 valence electrons. The number of hydrogen-bond donors (Lipinski definition) is 0. The minimum Gasteiger partial charge on any atom is -0.256 e. The molecule has 0 bridgehead atoms. The van der Waals surface area contributed by atoms with Crippen molar-refractivity contribution < 1.29 is 0 Å². The van der Waals surface area contributed by atoms with Gasteiger partial charge in [0.15, 0.2) is 0 Å². The number of thiazole rings is 1. The molecule has 0 saturated heterocycles. The van der Waals surface area contributed by atoms with Crippen LogP contribution in [0.1, 0.15) is 59.1 Å². The molecule has 0 saturated carbocycles. The molecule has 2 heterocycles. The summed E-state index contributed by atoms with van der Waals surface area (Å²) >= 11 is 1.71. The number of fused-ring (bicyclic) bond motifs is 2. The second-order valence-corrected chi connectivity index (χ2v) is 8.69. The van der Waals surface area contributed by atoms with E-state index in [4.69, 9.17) is 0 Å². The van der Waals surface area contributed by atoms with E-state index < -0.39 is 0 Å². The van der Waals surface area contributed by atoms with Crippen LogP contribution in [0, 0.1) is 0 Å². The summed E-state index contributed by atoms with van der Waals surface area (Å²) in [4.78, 5) is 8.76. The third kappa shape index (κ3) is 5.62. The van der Waals surface area contributed by atoms with Crippen molar-refractivity contribution in [1.29, 1.82) is 0 Å². The van der Waals surface area contributed by atoms with Crippen LogP contribution in [0.2, 0.25) is 0 Å². The summed E-state index contributed by atoms with van der Waals surface area (Å²) in [6, 6.07) is 16.8. The Morgan fingerprint density at radius 1 is 0.821 bits per heavy atom. The van der Waals surface area contributed by atoms with Gasteiger partial charge in [-0.2, -0.15) is 0 Å².